The molecule has 0 unspecified atom stereocenters. The van der Waals surface area contributed by atoms with Crippen molar-refractivity contribution in [2.75, 3.05) is 33.9 Å². The monoisotopic (exact) mass is 609 g/mol. The highest BCUT2D eigenvalue weighted by molar-refractivity contribution is 6.32. The molecule has 10 heteroatoms. The van der Waals surface area contributed by atoms with Crippen LogP contribution in [0.15, 0.2) is 48.5 Å². The van der Waals surface area contributed by atoms with E-state index in [2.05, 4.69) is 10.2 Å². The van der Waals surface area contributed by atoms with Crippen LogP contribution in [0.2, 0.25) is 5.02 Å². The highest BCUT2D eigenvalue weighted by atomic mass is 35.5. The summed E-state index contributed by atoms with van der Waals surface area (Å²) < 4.78 is 11.8. The summed E-state index contributed by atoms with van der Waals surface area (Å²) >= 11 is 6.50. The van der Waals surface area contributed by atoms with Crippen LogP contribution in [-0.2, 0) is 4.79 Å². The first-order valence-corrected chi connectivity index (χ1v) is 15.0. The van der Waals surface area contributed by atoms with E-state index in [1.54, 1.807) is 12.1 Å². The first-order valence-electron chi connectivity index (χ1n) is 14.6. The number of aliphatic carboxylic acids is 1. The number of halogens is 1. The lowest BCUT2D eigenvalue weighted by molar-refractivity contribution is -0.146. The van der Waals surface area contributed by atoms with Gasteiger partial charge in [0, 0.05) is 17.7 Å². The van der Waals surface area contributed by atoms with Gasteiger partial charge in [-0.25, -0.2) is 9.78 Å². The number of aryl methyl sites for hydroxylation is 1. The molecular formula is C33H40ClN3O6. The number of ether oxygens (including phenoxy) is 2. The van der Waals surface area contributed by atoms with Gasteiger partial charge in [0.1, 0.15) is 22.7 Å². The minimum atomic E-state index is -1.47. The number of benzene rings is 2. The van der Waals surface area contributed by atoms with Crippen LogP contribution in [0, 0.1) is 6.92 Å². The van der Waals surface area contributed by atoms with E-state index in [1.165, 1.54) is 0 Å². The van der Waals surface area contributed by atoms with E-state index < -0.39 is 23.5 Å². The van der Waals surface area contributed by atoms with Crippen LogP contribution in [0.1, 0.15) is 55.1 Å². The number of amides is 1. The largest absolute Gasteiger partial charge is 0.494 e. The maximum absolute atomic E-state index is 13.5. The molecule has 0 spiro atoms. The number of aliphatic hydroxyl groups is 1. The third-order valence-electron chi connectivity index (χ3n) is 7.72. The predicted octanol–water partition coefficient (Wildman–Crippen LogP) is 5.59. The highest BCUT2D eigenvalue weighted by Gasteiger charge is 2.43. The van der Waals surface area contributed by atoms with Gasteiger partial charge in [0.15, 0.2) is 0 Å². The zero-order valence-electron chi connectivity index (χ0n) is 25.2. The van der Waals surface area contributed by atoms with E-state index in [0.29, 0.717) is 53.8 Å². The molecule has 3 N–H and O–H groups in total. The van der Waals surface area contributed by atoms with Crippen molar-refractivity contribution in [1.82, 2.24) is 15.2 Å². The minimum Gasteiger partial charge on any atom is -0.494 e. The Hall–Kier alpha value is -3.66. The Morgan fingerprint density at radius 3 is 2.49 bits per heavy atom. The Labute approximate surface area is 257 Å². The Morgan fingerprint density at radius 2 is 1.81 bits per heavy atom. The molecule has 1 amide bonds. The second kappa shape index (κ2) is 14.2. The first kappa shape index (κ1) is 32.3. The Kier molecular flexibility index (Phi) is 10.7. The summed E-state index contributed by atoms with van der Waals surface area (Å²) in [6, 6.07) is 14.6. The van der Waals surface area contributed by atoms with Crippen LogP contribution in [0.4, 0.5) is 0 Å². The molecule has 0 bridgehead atoms. The third kappa shape index (κ3) is 7.84. The zero-order chi connectivity index (χ0) is 31.1. The number of aromatic nitrogens is 1. The number of hydrogen-bond donors (Lipinski definition) is 3. The van der Waals surface area contributed by atoms with Gasteiger partial charge in [0.05, 0.1) is 30.0 Å². The molecule has 2 aromatic carbocycles. The third-order valence-corrected chi connectivity index (χ3v) is 8.03. The van der Waals surface area contributed by atoms with Crippen LogP contribution >= 0.6 is 11.6 Å². The lowest BCUT2D eigenvalue weighted by Crippen LogP contribution is -2.57. The number of aliphatic hydroxyl groups excluding tert-OH is 1. The molecule has 3 aromatic rings. The van der Waals surface area contributed by atoms with E-state index in [-0.39, 0.29) is 18.5 Å². The minimum absolute atomic E-state index is 0.0764. The van der Waals surface area contributed by atoms with Crippen molar-refractivity contribution >= 4 is 23.5 Å². The van der Waals surface area contributed by atoms with Crippen molar-refractivity contribution in [1.29, 1.82) is 0 Å². The summed E-state index contributed by atoms with van der Waals surface area (Å²) in [6.45, 7) is 5.77. The van der Waals surface area contributed by atoms with Crippen LogP contribution in [0.3, 0.4) is 0 Å². The highest BCUT2D eigenvalue weighted by Crippen LogP contribution is 2.38. The van der Waals surface area contributed by atoms with E-state index >= 15 is 0 Å². The number of carbonyl (C=O) groups excluding carboxylic acids is 1. The number of pyridine rings is 1. The molecule has 1 heterocycles. The van der Waals surface area contributed by atoms with E-state index in [0.717, 1.165) is 29.7 Å². The van der Waals surface area contributed by atoms with Gasteiger partial charge in [-0.05, 0) is 108 Å². The molecule has 9 nitrogen and oxygen atoms in total. The average molecular weight is 610 g/mol. The molecule has 1 aromatic heterocycles. The van der Waals surface area contributed by atoms with Crippen molar-refractivity contribution in [3.05, 3.63) is 64.8 Å². The topological polar surface area (TPSA) is 121 Å². The quantitative estimate of drug-likeness (QED) is 0.227. The van der Waals surface area contributed by atoms with Crippen molar-refractivity contribution in [3.63, 3.8) is 0 Å². The SMILES string of the molecule is CCOc1ccc(C)c(-c2ccc(C(=O)N[C@]3(C(=O)O)CC[C@H](O)CC3)nc2-c2ccc(Cl)c(OCCCN(C)C)c2)c1. The van der Waals surface area contributed by atoms with E-state index in [4.69, 9.17) is 26.1 Å². The fourth-order valence-electron chi connectivity index (χ4n) is 5.26. The molecule has 43 heavy (non-hydrogen) atoms. The molecule has 1 aliphatic rings. The van der Waals surface area contributed by atoms with Gasteiger partial charge in [-0.3, -0.25) is 4.79 Å². The Morgan fingerprint density at radius 1 is 1.07 bits per heavy atom. The van der Waals surface area contributed by atoms with Gasteiger partial charge in [0.25, 0.3) is 5.91 Å². The van der Waals surface area contributed by atoms with Crippen LogP contribution in [0.5, 0.6) is 11.5 Å². The molecule has 0 radical (unpaired) electrons. The van der Waals surface area contributed by atoms with Gasteiger partial charge in [0.2, 0.25) is 0 Å². The molecule has 4 rings (SSSR count). The van der Waals surface area contributed by atoms with Crippen LogP contribution in [0.25, 0.3) is 22.4 Å². The summed E-state index contributed by atoms with van der Waals surface area (Å²) in [5, 5.41) is 23.1. The Balaban J connectivity index is 1.76. The smallest absolute Gasteiger partial charge is 0.329 e. The number of nitrogens with one attached hydrogen (secondary N) is 1. The standard InChI is InChI=1S/C33H40ClN3O6/c1-5-42-24-9-7-21(2)26(20-24)25-10-12-28(31(39)36-33(32(40)41)15-13-23(38)14-16-33)35-30(25)22-8-11-27(34)29(19-22)43-18-6-17-37(3)4/h7-12,19-20,23,38H,5-6,13-18H2,1-4H3,(H,36,39)(H,40,41)/t23-,33+. The summed E-state index contributed by atoms with van der Waals surface area (Å²) in [7, 11) is 4.00. The number of rotatable bonds is 12. The molecule has 1 fully saturated rings. The van der Waals surface area contributed by atoms with Crippen molar-refractivity contribution in [2.45, 2.75) is 57.6 Å². The number of nitrogens with zero attached hydrogens (tertiary/aromatic N) is 2. The van der Waals surface area contributed by atoms with Gasteiger partial charge >= 0.3 is 5.97 Å². The summed E-state index contributed by atoms with van der Waals surface area (Å²) in [5.74, 6) is -0.507. The molecule has 0 atom stereocenters. The first-order chi connectivity index (χ1) is 20.5. The second-order valence-electron chi connectivity index (χ2n) is 11.2. The number of carboxylic acids is 1. The maximum atomic E-state index is 13.5. The van der Waals surface area contributed by atoms with Crippen molar-refractivity contribution in [3.8, 4) is 33.9 Å². The summed E-state index contributed by atoms with van der Waals surface area (Å²) in [4.78, 5) is 32.7. The fraction of sp³-hybridized carbons (Fsp3) is 0.424. The summed E-state index contributed by atoms with van der Waals surface area (Å²) in [5.41, 5.74) is 2.45. The average Bonchev–Trinajstić information content (AvgIpc) is 2.98. The van der Waals surface area contributed by atoms with Gasteiger partial charge in [-0.1, -0.05) is 23.7 Å². The number of hydrogen-bond acceptors (Lipinski definition) is 7. The second-order valence-corrected chi connectivity index (χ2v) is 11.6. The lowest BCUT2D eigenvalue weighted by atomic mass is 9.80. The van der Waals surface area contributed by atoms with Crippen molar-refractivity contribution < 1.29 is 29.3 Å². The normalized spacial score (nSPS) is 18.3. The predicted molar refractivity (Wildman–Crippen MR) is 167 cm³/mol. The van der Waals surface area contributed by atoms with E-state index in [1.807, 2.05) is 64.3 Å². The van der Waals surface area contributed by atoms with Gasteiger partial charge in [-0.2, -0.15) is 0 Å². The van der Waals surface area contributed by atoms with E-state index in [9.17, 15) is 19.8 Å². The molecule has 1 saturated carbocycles. The molecule has 0 saturated heterocycles. The summed E-state index contributed by atoms with van der Waals surface area (Å²) in [6.07, 6.45) is 1.10. The van der Waals surface area contributed by atoms with Gasteiger partial charge < -0.3 is 29.9 Å². The number of carboxylic acid groups (broad SMARTS) is 1. The van der Waals surface area contributed by atoms with Crippen molar-refractivity contribution in [2.24, 2.45) is 0 Å². The molecular weight excluding hydrogens is 570 g/mol. The van der Waals surface area contributed by atoms with Crippen LogP contribution < -0.4 is 14.8 Å². The van der Waals surface area contributed by atoms with Gasteiger partial charge in [-0.15, -0.1) is 0 Å². The maximum Gasteiger partial charge on any atom is 0.329 e. The Bertz CT molecular complexity index is 1450. The zero-order valence-corrected chi connectivity index (χ0v) is 25.9. The lowest BCUT2D eigenvalue weighted by Gasteiger charge is -2.35. The molecule has 1 aliphatic carbocycles. The molecule has 0 aliphatic heterocycles. The fourth-order valence-corrected chi connectivity index (χ4v) is 5.44. The molecule has 230 valence electrons. The number of carbonyl (C=O) groups is 2. The van der Waals surface area contributed by atoms with Crippen LogP contribution in [-0.4, -0.2) is 77.5 Å².